The third-order valence-electron chi connectivity index (χ3n) is 12.2. The van der Waals surface area contributed by atoms with Crippen molar-refractivity contribution in [3.8, 4) is 0 Å². The maximum atomic E-state index is 12.3. The fourth-order valence-electron chi connectivity index (χ4n) is 10.1. The van der Waals surface area contributed by atoms with E-state index in [0.717, 1.165) is 19.3 Å². The highest BCUT2D eigenvalue weighted by Gasteiger charge is 2.67. The van der Waals surface area contributed by atoms with Gasteiger partial charge in [-0.1, -0.05) is 32.4 Å². The number of aliphatic hydroxyl groups excluding tert-OH is 1. The minimum atomic E-state index is -2.03. The number of rotatable bonds is 7. The fraction of sp³-hybridized carbons (Fsp3) is 0.879. The molecule has 2 saturated carbocycles. The van der Waals surface area contributed by atoms with E-state index in [4.69, 9.17) is 14.2 Å². The predicted molar refractivity (Wildman–Crippen MR) is 156 cm³/mol. The summed E-state index contributed by atoms with van der Waals surface area (Å²) in [7, 11) is 1.39. The lowest BCUT2D eigenvalue weighted by Gasteiger charge is -2.66. The number of methoxy groups -OCH3 is 1. The summed E-state index contributed by atoms with van der Waals surface area (Å²) in [6.45, 7) is 14.6. The van der Waals surface area contributed by atoms with Crippen molar-refractivity contribution in [3.05, 3.63) is 11.6 Å². The first kappa shape index (κ1) is 33.4. The molecule has 1 heterocycles. The first-order valence-electron chi connectivity index (χ1n) is 15.6. The van der Waals surface area contributed by atoms with Crippen LogP contribution in [0.5, 0.6) is 0 Å². The van der Waals surface area contributed by atoms with Crippen LogP contribution in [0.25, 0.3) is 0 Å². The van der Waals surface area contributed by atoms with Gasteiger partial charge in [0.05, 0.1) is 25.4 Å². The topological polar surface area (TPSA) is 143 Å². The summed E-state index contributed by atoms with van der Waals surface area (Å²) in [5, 5.41) is 45.3. The molecule has 1 aliphatic heterocycles. The molecule has 0 spiro atoms. The number of hydrogen-bond donors (Lipinski definition) is 4. The van der Waals surface area contributed by atoms with Gasteiger partial charge in [-0.25, -0.2) is 0 Å². The number of fused-ring (bicyclic) bond motifs is 3. The van der Waals surface area contributed by atoms with Crippen molar-refractivity contribution in [2.24, 2.45) is 39.9 Å². The molecule has 9 heteroatoms. The Kier molecular flexibility index (Phi) is 8.60. The van der Waals surface area contributed by atoms with Crippen molar-refractivity contribution in [2.45, 2.75) is 130 Å². The number of carbonyl (C=O) groups is 2. The smallest absolute Gasteiger partial charge is 0.305 e. The van der Waals surface area contributed by atoms with Gasteiger partial charge in [-0.3, -0.25) is 9.59 Å². The molecule has 0 radical (unpaired) electrons. The molecule has 0 bridgehead atoms. The van der Waals surface area contributed by atoms with Crippen LogP contribution in [0.2, 0.25) is 0 Å². The molecule has 1 saturated heterocycles. The Morgan fingerprint density at radius 2 is 1.76 bits per heavy atom. The van der Waals surface area contributed by atoms with Gasteiger partial charge in [0.15, 0.2) is 6.10 Å². The van der Waals surface area contributed by atoms with Crippen LogP contribution in [0.15, 0.2) is 11.6 Å². The molecule has 4 aliphatic rings. The summed E-state index contributed by atoms with van der Waals surface area (Å²) in [5.41, 5.74) is -2.72. The lowest BCUT2D eigenvalue weighted by molar-refractivity contribution is -0.354. The van der Waals surface area contributed by atoms with Crippen LogP contribution in [-0.4, -0.2) is 75.3 Å². The first-order valence-corrected chi connectivity index (χ1v) is 15.6. The highest BCUT2D eigenvalue weighted by molar-refractivity contribution is 5.69. The van der Waals surface area contributed by atoms with Gasteiger partial charge < -0.3 is 34.6 Å². The maximum absolute atomic E-state index is 12.3. The Morgan fingerprint density at radius 1 is 1.12 bits per heavy atom. The van der Waals surface area contributed by atoms with Gasteiger partial charge in [-0.05, 0) is 101 Å². The van der Waals surface area contributed by atoms with Crippen molar-refractivity contribution in [1.82, 2.24) is 0 Å². The van der Waals surface area contributed by atoms with E-state index in [1.54, 1.807) is 13.8 Å². The van der Waals surface area contributed by atoms with Crippen LogP contribution in [0.4, 0.5) is 0 Å². The van der Waals surface area contributed by atoms with Crippen LogP contribution in [-0.2, 0) is 23.8 Å². The zero-order valence-electron chi connectivity index (χ0n) is 27.0. The van der Waals surface area contributed by atoms with Gasteiger partial charge in [-0.15, -0.1) is 0 Å². The Hall–Kier alpha value is -1.52. The molecule has 10 atom stereocenters. The van der Waals surface area contributed by atoms with Gasteiger partial charge in [0.25, 0.3) is 0 Å². The molecule has 0 amide bonds. The van der Waals surface area contributed by atoms with Crippen molar-refractivity contribution < 1.29 is 44.2 Å². The zero-order valence-corrected chi connectivity index (χ0v) is 27.0. The van der Waals surface area contributed by atoms with E-state index >= 15 is 0 Å². The third-order valence-corrected chi connectivity index (χ3v) is 12.2. The minimum absolute atomic E-state index is 0.0320. The standard InChI is InChI=1S/C33H54O9/c1-19(34)42-26-16-20(18-41-33(26,39)29(4,5)38)21-10-11-22-30(21,6)14-12-23-31(7,15-13-27(36)40-9)24(28(2,3)37)17-25(35)32(22,23)8/h11,20-21,23-26,35,37-39H,10,12-18H2,1-9H3/t20-,21-,23-,24+,25-,26+,30+,31-,32+,33?/m1/s1. The van der Waals surface area contributed by atoms with Gasteiger partial charge in [-0.2, -0.15) is 0 Å². The second-order valence-corrected chi connectivity index (χ2v) is 15.5. The van der Waals surface area contributed by atoms with E-state index < -0.39 is 46.0 Å². The van der Waals surface area contributed by atoms with Crippen molar-refractivity contribution in [2.75, 3.05) is 13.7 Å². The van der Waals surface area contributed by atoms with Gasteiger partial charge >= 0.3 is 11.9 Å². The third kappa shape index (κ3) is 5.15. The number of allylic oxidation sites excluding steroid dienone is 1. The quantitative estimate of drug-likeness (QED) is 0.255. The molecule has 4 N–H and O–H groups in total. The van der Waals surface area contributed by atoms with Crippen molar-refractivity contribution in [1.29, 1.82) is 0 Å². The number of aliphatic hydroxyl groups is 4. The fourth-order valence-corrected chi connectivity index (χ4v) is 10.1. The van der Waals surface area contributed by atoms with Gasteiger partial charge in [0.1, 0.15) is 5.60 Å². The number of carbonyl (C=O) groups excluding carboxylic acids is 2. The van der Waals surface area contributed by atoms with Crippen molar-refractivity contribution in [3.63, 3.8) is 0 Å². The molecule has 240 valence electrons. The average Bonchev–Trinajstić information content (AvgIpc) is 3.23. The molecule has 42 heavy (non-hydrogen) atoms. The first-order chi connectivity index (χ1) is 19.2. The summed E-state index contributed by atoms with van der Waals surface area (Å²) in [5.74, 6) is -2.95. The minimum Gasteiger partial charge on any atom is -0.469 e. The van der Waals surface area contributed by atoms with E-state index in [-0.39, 0.29) is 48.1 Å². The molecule has 0 aromatic heterocycles. The summed E-state index contributed by atoms with van der Waals surface area (Å²) in [4.78, 5) is 24.3. The lowest BCUT2D eigenvalue weighted by Crippen LogP contribution is -2.65. The van der Waals surface area contributed by atoms with Gasteiger partial charge in [0.2, 0.25) is 5.79 Å². The molecule has 3 aliphatic carbocycles. The summed E-state index contributed by atoms with van der Waals surface area (Å²) in [6.07, 6.45) is 4.60. The zero-order chi connectivity index (χ0) is 31.7. The summed E-state index contributed by atoms with van der Waals surface area (Å²) < 4.78 is 16.5. The molecule has 4 rings (SSSR count). The largest absolute Gasteiger partial charge is 0.469 e. The summed E-state index contributed by atoms with van der Waals surface area (Å²) in [6, 6.07) is 0. The highest BCUT2D eigenvalue weighted by Crippen LogP contribution is 2.71. The van der Waals surface area contributed by atoms with E-state index in [1.807, 2.05) is 0 Å². The lowest BCUT2D eigenvalue weighted by atomic mass is 9.39. The van der Waals surface area contributed by atoms with E-state index in [1.165, 1.54) is 33.5 Å². The van der Waals surface area contributed by atoms with Crippen molar-refractivity contribution >= 4 is 11.9 Å². The number of esters is 2. The van der Waals surface area contributed by atoms with Gasteiger partial charge in [0, 0.05) is 18.8 Å². The van der Waals surface area contributed by atoms with Crippen LogP contribution in [0, 0.1) is 39.9 Å². The Labute approximate surface area is 251 Å². The Balaban J connectivity index is 1.67. The molecular weight excluding hydrogens is 540 g/mol. The number of hydrogen-bond acceptors (Lipinski definition) is 9. The molecular formula is C33H54O9. The highest BCUT2D eigenvalue weighted by atomic mass is 16.7. The predicted octanol–water partition coefficient (Wildman–Crippen LogP) is 3.89. The van der Waals surface area contributed by atoms with Crippen LogP contribution >= 0.6 is 0 Å². The van der Waals surface area contributed by atoms with E-state index in [9.17, 15) is 30.0 Å². The summed E-state index contributed by atoms with van der Waals surface area (Å²) >= 11 is 0. The number of ether oxygens (including phenoxy) is 3. The SMILES string of the molecule is COC(=O)CC[C@]1(C)[C@H]2CC[C@]3(C)C(=CC[C@@H]3[C@H]3COC(O)(C(C)(C)O)[C@@H](OC(C)=O)C3)[C@]2(C)[C@H](O)C[C@H]1C(C)(C)O. The van der Waals surface area contributed by atoms with Crippen LogP contribution < -0.4 is 0 Å². The molecule has 1 unspecified atom stereocenters. The Morgan fingerprint density at radius 3 is 2.31 bits per heavy atom. The molecule has 3 fully saturated rings. The normalized spacial score (nSPS) is 44.1. The van der Waals surface area contributed by atoms with E-state index in [0.29, 0.717) is 19.3 Å². The molecule has 9 nitrogen and oxygen atoms in total. The molecule has 0 aromatic carbocycles. The average molecular weight is 595 g/mol. The van der Waals surface area contributed by atoms with E-state index in [2.05, 4.69) is 26.8 Å². The van der Waals surface area contributed by atoms with Crippen LogP contribution in [0.1, 0.15) is 100 Å². The monoisotopic (exact) mass is 594 g/mol. The van der Waals surface area contributed by atoms with Crippen LogP contribution in [0.3, 0.4) is 0 Å². The maximum Gasteiger partial charge on any atom is 0.305 e. The second-order valence-electron chi connectivity index (χ2n) is 15.5. The Bertz CT molecular complexity index is 1090. The second kappa shape index (κ2) is 10.8. The molecule has 0 aromatic rings.